The molecule has 4 nitrogen and oxygen atoms in total. The van der Waals surface area contributed by atoms with E-state index in [2.05, 4.69) is 10.3 Å². The van der Waals surface area contributed by atoms with Crippen LogP contribution in [0.15, 0.2) is 30.5 Å². The van der Waals surface area contributed by atoms with Crippen LogP contribution in [0.4, 0.5) is 5.69 Å². The van der Waals surface area contributed by atoms with Crippen molar-refractivity contribution >= 4 is 22.6 Å². The van der Waals surface area contributed by atoms with Crippen LogP contribution < -0.4 is 5.32 Å². The lowest BCUT2D eigenvalue weighted by Crippen LogP contribution is -2.25. The highest BCUT2D eigenvalue weighted by atomic mass is 16.4. The number of carboxylic acids is 1. The zero-order valence-corrected chi connectivity index (χ0v) is 9.77. The van der Waals surface area contributed by atoms with Gasteiger partial charge in [-0.25, -0.2) is 0 Å². The number of carboxylic acid groups (broad SMARTS) is 1. The van der Waals surface area contributed by atoms with Gasteiger partial charge in [-0.1, -0.05) is 18.2 Å². The number of nitrogens with one attached hydrogen (secondary N) is 1. The molecule has 1 heterocycles. The molecule has 17 heavy (non-hydrogen) atoms. The maximum Gasteiger partial charge on any atom is 0.325 e. The normalized spacial score (nSPS) is 12.4. The third kappa shape index (κ3) is 2.20. The first kappa shape index (κ1) is 11.4. The Morgan fingerprint density at radius 2 is 2.18 bits per heavy atom. The van der Waals surface area contributed by atoms with Crippen molar-refractivity contribution in [3.05, 3.63) is 36.0 Å². The van der Waals surface area contributed by atoms with Crippen LogP contribution in [0.3, 0.4) is 0 Å². The van der Waals surface area contributed by atoms with E-state index in [1.54, 1.807) is 19.2 Å². The van der Waals surface area contributed by atoms with Crippen molar-refractivity contribution in [1.82, 2.24) is 4.98 Å². The van der Waals surface area contributed by atoms with Gasteiger partial charge in [-0.2, -0.15) is 0 Å². The molecule has 1 unspecified atom stereocenters. The van der Waals surface area contributed by atoms with Gasteiger partial charge in [0.15, 0.2) is 0 Å². The number of aryl methyl sites for hydroxylation is 1. The Morgan fingerprint density at radius 1 is 1.41 bits per heavy atom. The molecule has 0 spiro atoms. The molecule has 0 aliphatic rings. The quantitative estimate of drug-likeness (QED) is 0.850. The lowest BCUT2D eigenvalue weighted by atomic mass is 10.1. The van der Waals surface area contributed by atoms with Crippen molar-refractivity contribution in [3.8, 4) is 0 Å². The molecule has 0 saturated heterocycles. The molecule has 2 aromatic rings. The van der Waals surface area contributed by atoms with Crippen LogP contribution in [0.2, 0.25) is 0 Å². The van der Waals surface area contributed by atoms with E-state index in [0.717, 1.165) is 22.2 Å². The SMILES string of the molecule is Cc1cccc2c(NC(C)C(=O)O)ccnc12. The second-order valence-corrected chi connectivity index (χ2v) is 4.03. The molecular formula is C13H14N2O2. The monoisotopic (exact) mass is 230 g/mol. The number of hydrogen-bond donors (Lipinski definition) is 2. The Morgan fingerprint density at radius 3 is 2.88 bits per heavy atom. The lowest BCUT2D eigenvalue weighted by molar-refractivity contribution is -0.137. The summed E-state index contributed by atoms with van der Waals surface area (Å²) < 4.78 is 0. The molecule has 0 fully saturated rings. The van der Waals surface area contributed by atoms with E-state index >= 15 is 0 Å². The van der Waals surface area contributed by atoms with Crippen molar-refractivity contribution in [3.63, 3.8) is 0 Å². The first-order valence-corrected chi connectivity index (χ1v) is 5.43. The van der Waals surface area contributed by atoms with Gasteiger partial charge in [0.05, 0.1) is 5.52 Å². The number of nitrogens with zero attached hydrogens (tertiary/aromatic N) is 1. The zero-order chi connectivity index (χ0) is 12.4. The van der Waals surface area contributed by atoms with E-state index in [4.69, 9.17) is 5.11 Å². The summed E-state index contributed by atoms with van der Waals surface area (Å²) in [4.78, 5) is 15.1. The van der Waals surface area contributed by atoms with Gasteiger partial charge in [0.2, 0.25) is 0 Å². The van der Waals surface area contributed by atoms with Crippen LogP contribution in [0, 0.1) is 6.92 Å². The number of rotatable bonds is 3. The van der Waals surface area contributed by atoms with Gasteiger partial charge in [-0.05, 0) is 25.5 Å². The highest BCUT2D eigenvalue weighted by Crippen LogP contribution is 2.24. The van der Waals surface area contributed by atoms with Crippen molar-refractivity contribution in [1.29, 1.82) is 0 Å². The molecule has 0 amide bonds. The third-order valence-corrected chi connectivity index (χ3v) is 2.72. The summed E-state index contributed by atoms with van der Waals surface area (Å²) in [6, 6.07) is 7.03. The van der Waals surface area contributed by atoms with E-state index < -0.39 is 12.0 Å². The predicted octanol–water partition coefficient (Wildman–Crippen LogP) is 2.43. The number of benzene rings is 1. The molecule has 0 aliphatic carbocycles. The number of anilines is 1. The van der Waals surface area contributed by atoms with E-state index in [9.17, 15) is 4.79 Å². The van der Waals surface area contributed by atoms with Crippen molar-refractivity contribution in [2.75, 3.05) is 5.32 Å². The first-order chi connectivity index (χ1) is 8.09. The summed E-state index contributed by atoms with van der Waals surface area (Å²) in [5.41, 5.74) is 2.78. The van der Waals surface area contributed by atoms with Crippen molar-refractivity contribution in [2.24, 2.45) is 0 Å². The average Bonchev–Trinajstić information content (AvgIpc) is 2.30. The number of aromatic nitrogens is 1. The van der Waals surface area contributed by atoms with Crippen LogP contribution in [-0.4, -0.2) is 22.1 Å². The number of carbonyl (C=O) groups is 1. The van der Waals surface area contributed by atoms with Crippen LogP contribution >= 0.6 is 0 Å². The number of aliphatic carboxylic acids is 1. The summed E-state index contributed by atoms with van der Waals surface area (Å²) >= 11 is 0. The summed E-state index contributed by atoms with van der Waals surface area (Å²) in [7, 11) is 0. The predicted molar refractivity (Wildman–Crippen MR) is 67.2 cm³/mol. The number of fused-ring (bicyclic) bond motifs is 1. The maximum absolute atomic E-state index is 10.8. The van der Waals surface area contributed by atoms with E-state index in [1.165, 1.54) is 0 Å². The highest BCUT2D eigenvalue weighted by Gasteiger charge is 2.12. The fourth-order valence-corrected chi connectivity index (χ4v) is 1.74. The highest BCUT2D eigenvalue weighted by molar-refractivity contribution is 5.94. The number of hydrogen-bond acceptors (Lipinski definition) is 3. The molecule has 0 radical (unpaired) electrons. The molecule has 2 rings (SSSR count). The second-order valence-electron chi connectivity index (χ2n) is 4.03. The maximum atomic E-state index is 10.8. The van der Waals surface area contributed by atoms with Crippen LogP contribution in [0.5, 0.6) is 0 Å². The van der Waals surface area contributed by atoms with Gasteiger partial charge >= 0.3 is 5.97 Å². The number of para-hydroxylation sites is 1. The van der Waals surface area contributed by atoms with E-state index in [-0.39, 0.29) is 0 Å². The van der Waals surface area contributed by atoms with Gasteiger partial charge in [-0.3, -0.25) is 9.78 Å². The fourth-order valence-electron chi connectivity index (χ4n) is 1.74. The van der Waals surface area contributed by atoms with Crippen molar-refractivity contribution < 1.29 is 9.90 Å². The average molecular weight is 230 g/mol. The standard InChI is InChI=1S/C13H14N2O2/c1-8-4-3-5-10-11(6-7-14-12(8)10)15-9(2)13(16)17/h3-7,9H,1-2H3,(H,14,15)(H,16,17). The summed E-state index contributed by atoms with van der Waals surface area (Å²) in [5.74, 6) is -0.873. The van der Waals surface area contributed by atoms with Gasteiger partial charge in [-0.15, -0.1) is 0 Å². The second kappa shape index (κ2) is 4.41. The minimum atomic E-state index is -0.873. The Labute approximate surface area is 99.3 Å². The molecule has 2 N–H and O–H groups in total. The Balaban J connectivity index is 2.48. The smallest absolute Gasteiger partial charge is 0.325 e. The van der Waals surface area contributed by atoms with Gasteiger partial charge < -0.3 is 10.4 Å². The molecule has 0 aliphatic heterocycles. The summed E-state index contributed by atoms with van der Waals surface area (Å²) in [6.45, 7) is 3.60. The molecule has 0 saturated carbocycles. The van der Waals surface area contributed by atoms with E-state index in [0.29, 0.717) is 0 Å². The van der Waals surface area contributed by atoms with Gasteiger partial charge in [0.25, 0.3) is 0 Å². The van der Waals surface area contributed by atoms with E-state index in [1.807, 2.05) is 25.1 Å². The number of pyridine rings is 1. The molecule has 1 atom stereocenters. The largest absolute Gasteiger partial charge is 0.480 e. The minimum Gasteiger partial charge on any atom is -0.480 e. The molecule has 1 aromatic carbocycles. The topological polar surface area (TPSA) is 62.2 Å². The van der Waals surface area contributed by atoms with Crippen LogP contribution in [0.1, 0.15) is 12.5 Å². The third-order valence-electron chi connectivity index (χ3n) is 2.72. The van der Waals surface area contributed by atoms with Crippen molar-refractivity contribution in [2.45, 2.75) is 19.9 Å². The Kier molecular flexibility index (Phi) is 2.95. The zero-order valence-electron chi connectivity index (χ0n) is 9.77. The molecular weight excluding hydrogens is 216 g/mol. The van der Waals surface area contributed by atoms with Gasteiger partial charge in [0.1, 0.15) is 6.04 Å². The molecule has 88 valence electrons. The lowest BCUT2D eigenvalue weighted by Gasteiger charge is -2.13. The molecule has 1 aromatic heterocycles. The minimum absolute atomic E-state index is 0.624. The van der Waals surface area contributed by atoms with Crippen LogP contribution in [-0.2, 0) is 4.79 Å². The fraction of sp³-hybridized carbons (Fsp3) is 0.231. The Hall–Kier alpha value is -2.10. The first-order valence-electron chi connectivity index (χ1n) is 5.43. The summed E-state index contributed by atoms with van der Waals surface area (Å²) in [6.07, 6.45) is 1.69. The van der Waals surface area contributed by atoms with Gasteiger partial charge in [0, 0.05) is 17.3 Å². The van der Waals surface area contributed by atoms with Crippen LogP contribution in [0.25, 0.3) is 10.9 Å². The Bertz CT molecular complexity index is 566. The molecule has 0 bridgehead atoms. The molecule has 4 heteroatoms. The summed E-state index contributed by atoms with van der Waals surface area (Å²) in [5, 5.41) is 12.8.